The number of anilines is 1. The number of rotatable bonds is 1. The van der Waals surface area contributed by atoms with Gasteiger partial charge in [-0.1, -0.05) is 0 Å². The summed E-state index contributed by atoms with van der Waals surface area (Å²) in [6.45, 7) is 0.656. The normalized spacial score (nSPS) is 13.9. The second-order valence-electron chi connectivity index (χ2n) is 3.39. The molecule has 16 heavy (non-hydrogen) atoms. The predicted molar refractivity (Wildman–Crippen MR) is 53.7 cm³/mol. The van der Waals surface area contributed by atoms with Crippen molar-refractivity contribution in [3.05, 3.63) is 22.4 Å². The fraction of sp³-hybridized carbons (Fsp3) is 0.300. The Hall–Kier alpha value is -2.13. The molecule has 0 bridgehead atoms. The molecule has 1 aromatic heterocycles. The summed E-state index contributed by atoms with van der Waals surface area (Å²) >= 11 is 0. The first-order valence-electron chi connectivity index (χ1n) is 4.67. The Bertz CT molecular complexity index is 505. The number of hydrogen-bond acceptors (Lipinski definition) is 5. The summed E-state index contributed by atoms with van der Waals surface area (Å²) in [5.74, 6) is -1.20. The Morgan fingerprint density at radius 3 is 3.00 bits per heavy atom. The first-order chi connectivity index (χ1) is 7.65. The van der Waals surface area contributed by atoms with Crippen LogP contribution < -0.4 is 5.73 Å². The van der Waals surface area contributed by atoms with Gasteiger partial charge in [0, 0.05) is 12.0 Å². The number of aromatic nitrogens is 1. The molecule has 0 radical (unpaired) electrons. The van der Waals surface area contributed by atoms with E-state index in [0.717, 1.165) is 0 Å². The molecule has 0 aromatic carbocycles. The Balaban J connectivity index is 2.75. The van der Waals surface area contributed by atoms with Gasteiger partial charge in [-0.25, -0.2) is 9.78 Å². The molecule has 3 N–H and O–H groups in total. The fourth-order valence-electron chi connectivity index (χ4n) is 1.75. The van der Waals surface area contributed by atoms with Crippen molar-refractivity contribution < 1.29 is 14.6 Å². The standard InChI is InChI=1S/C10H9N3O3/c11-3-5-8(10(14)15)6-4-16-2-1-7(6)13-9(5)12/h1-2,4H2,(H2,12,13)(H,14,15). The minimum absolute atomic E-state index is 0.0273. The molecular formula is C10H9N3O3. The van der Waals surface area contributed by atoms with Gasteiger partial charge < -0.3 is 15.6 Å². The van der Waals surface area contributed by atoms with Gasteiger partial charge >= 0.3 is 5.97 Å². The lowest BCUT2D eigenvalue weighted by molar-refractivity contribution is 0.0680. The molecule has 0 unspecified atom stereocenters. The number of carboxylic acids is 1. The molecule has 0 spiro atoms. The number of fused-ring (bicyclic) bond motifs is 1. The van der Waals surface area contributed by atoms with Gasteiger partial charge in [-0.15, -0.1) is 0 Å². The van der Waals surface area contributed by atoms with E-state index < -0.39 is 5.97 Å². The topological polar surface area (TPSA) is 109 Å². The second kappa shape index (κ2) is 3.79. The van der Waals surface area contributed by atoms with E-state index in [-0.39, 0.29) is 23.6 Å². The highest BCUT2D eigenvalue weighted by Crippen LogP contribution is 2.25. The van der Waals surface area contributed by atoms with Crippen LogP contribution in [0.25, 0.3) is 0 Å². The highest BCUT2D eigenvalue weighted by atomic mass is 16.5. The molecule has 6 heteroatoms. The maximum absolute atomic E-state index is 11.1. The summed E-state index contributed by atoms with van der Waals surface area (Å²) < 4.78 is 5.17. The Morgan fingerprint density at radius 1 is 1.62 bits per heavy atom. The third kappa shape index (κ3) is 1.47. The van der Waals surface area contributed by atoms with Crippen molar-refractivity contribution in [1.29, 1.82) is 5.26 Å². The highest BCUT2D eigenvalue weighted by Gasteiger charge is 2.25. The van der Waals surface area contributed by atoms with Gasteiger partial charge in [-0.3, -0.25) is 0 Å². The van der Waals surface area contributed by atoms with E-state index in [9.17, 15) is 4.79 Å². The third-order valence-corrected chi connectivity index (χ3v) is 2.47. The zero-order valence-corrected chi connectivity index (χ0v) is 8.36. The van der Waals surface area contributed by atoms with Crippen LogP contribution in [0.4, 0.5) is 5.82 Å². The molecule has 0 aliphatic carbocycles. The number of aromatic carboxylic acids is 1. The summed E-state index contributed by atoms with van der Waals surface area (Å²) in [5.41, 5.74) is 6.46. The number of ether oxygens (including phenoxy) is 1. The van der Waals surface area contributed by atoms with Gasteiger partial charge in [0.05, 0.1) is 24.5 Å². The summed E-state index contributed by atoms with van der Waals surface area (Å²) in [6.07, 6.45) is 0.519. The SMILES string of the molecule is N#Cc1c(N)nc2c(c1C(=O)O)COCC2. The Morgan fingerprint density at radius 2 is 2.38 bits per heavy atom. The van der Waals surface area contributed by atoms with Crippen LogP contribution in [0.5, 0.6) is 0 Å². The van der Waals surface area contributed by atoms with Crippen LogP contribution in [-0.4, -0.2) is 22.7 Å². The number of nitrogens with two attached hydrogens (primary N) is 1. The van der Waals surface area contributed by atoms with Gasteiger partial charge in [-0.05, 0) is 0 Å². The van der Waals surface area contributed by atoms with E-state index in [1.165, 1.54) is 0 Å². The van der Waals surface area contributed by atoms with Gasteiger partial charge in [0.25, 0.3) is 0 Å². The first kappa shape index (κ1) is 10.4. The van der Waals surface area contributed by atoms with Crippen molar-refractivity contribution in [1.82, 2.24) is 4.98 Å². The lowest BCUT2D eigenvalue weighted by atomic mass is 9.98. The maximum atomic E-state index is 11.1. The lowest BCUT2D eigenvalue weighted by Gasteiger charge is -2.18. The van der Waals surface area contributed by atoms with E-state index in [1.807, 2.05) is 0 Å². The van der Waals surface area contributed by atoms with Gasteiger partial charge in [0.15, 0.2) is 0 Å². The molecule has 1 aliphatic rings. The van der Waals surface area contributed by atoms with Gasteiger partial charge in [0.2, 0.25) is 0 Å². The van der Waals surface area contributed by atoms with Crippen molar-refractivity contribution >= 4 is 11.8 Å². The highest BCUT2D eigenvalue weighted by molar-refractivity contribution is 5.94. The van der Waals surface area contributed by atoms with Crippen LogP contribution in [0.15, 0.2) is 0 Å². The number of carboxylic acid groups (broad SMARTS) is 1. The van der Waals surface area contributed by atoms with Crippen LogP contribution in [0.3, 0.4) is 0 Å². The average molecular weight is 219 g/mol. The van der Waals surface area contributed by atoms with E-state index >= 15 is 0 Å². The number of carbonyl (C=O) groups is 1. The van der Waals surface area contributed by atoms with Crippen molar-refractivity contribution in [3.8, 4) is 6.07 Å². The molecule has 1 aromatic rings. The number of nitriles is 1. The molecule has 0 saturated carbocycles. The predicted octanol–water partition coefficient (Wildman–Crippen LogP) is 0.306. The molecule has 0 saturated heterocycles. The van der Waals surface area contributed by atoms with E-state index in [4.69, 9.17) is 20.8 Å². The summed E-state index contributed by atoms with van der Waals surface area (Å²) in [5, 5.41) is 18.0. The van der Waals surface area contributed by atoms with E-state index in [2.05, 4.69) is 4.98 Å². The molecule has 1 aliphatic heterocycles. The molecule has 0 fully saturated rings. The summed E-state index contributed by atoms with van der Waals surface area (Å²) in [4.78, 5) is 15.2. The number of nitrogens with zero attached hydrogens (tertiary/aromatic N) is 2. The number of pyridine rings is 1. The molecule has 2 heterocycles. The average Bonchev–Trinajstić information content (AvgIpc) is 2.26. The molecule has 0 amide bonds. The molecule has 2 rings (SSSR count). The smallest absolute Gasteiger partial charge is 0.337 e. The van der Waals surface area contributed by atoms with E-state index in [0.29, 0.717) is 24.3 Å². The van der Waals surface area contributed by atoms with Gasteiger partial charge in [0.1, 0.15) is 17.5 Å². The fourth-order valence-corrected chi connectivity index (χ4v) is 1.75. The lowest BCUT2D eigenvalue weighted by Crippen LogP contribution is -2.19. The van der Waals surface area contributed by atoms with Crippen LogP contribution in [0, 0.1) is 11.3 Å². The van der Waals surface area contributed by atoms with Crippen molar-refractivity contribution in [3.63, 3.8) is 0 Å². The molecule has 0 atom stereocenters. The first-order valence-corrected chi connectivity index (χ1v) is 4.67. The van der Waals surface area contributed by atoms with Crippen molar-refractivity contribution in [2.24, 2.45) is 0 Å². The minimum atomic E-state index is -1.17. The third-order valence-electron chi connectivity index (χ3n) is 2.47. The summed E-state index contributed by atoms with van der Waals surface area (Å²) in [6, 6.07) is 1.77. The molecular weight excluding hydrogens is 210 g/mol. The van der Waals surface area contributed by atoms with Crippen LogP contribution in [0.2, 0.25) is 0 Å². The van der Waals surface area contributed by atoms with Gasteiger partial charge in [-0.2, -0.15) is 5.26 Å². The quantitative estimate of drug-likeness (QED) is 0.703. The Labute approximate surface area is 91.3 Å². The largest absolute Gasteiger partial charge is 0.478 e. The van der Waals surface area contributed by atoms with Crippen molar-refractivity contribution in [2.75, 3.05) is 12.3 Å². The summed E-state index contributed by atoms with van der Waals surface area (Å²) in [7, 11) is 0. The second-order valence-corrected chi connectivity index (χ2v) is 3.39. The number of hydrogen-bond donors (Lipinski definition) is 2. The number of nitrogen functional groups attached to an aromatic ring is 1. The zero-order valence-electron chi connectivity index (χ0n) is 8.36. The van der Waals surface area contributed by atoms with Crippen LogP contribution >= 0.6 is 0 Å². The van der Waals surface area contributed by atoms with Crippen molar-refractivity contribution in [2.45, 2.75) is 13.0 Å². The monoisotopic (exact) mass is 219 g/mol. The van der Waals surface area contributed by atoms with Crippen LogP contribution in [0.1, 0.15) is 27.2 Å². The Kier molecular flexibility index (Phi) is 2.46. The minimum Gasteiger partial charge on any atom is -0.478 e. The molecule has 6 nitrogen and oxygen atoms in total. The van der Waals surface area contributed by atoms with Crippen LogP contribution in [-0.2, 0) is 17.8 Å². The maximum Gasteiger partial charge on any atom is 0.337 e. The van der Waals surface area contributed by atoms with E-state index in [1.54, 1.807) is 6.07 Å². The zero-order chi connectivity index (χ0) is 11.7. The molecule has 82 valence electrons.